The molecule has 0 bridgehead atoms. The molecular formula is C22H36P2. The largest absolute Gasteiger partial charge is 0.0683 e. The minimum absolute atomic E-state index is 0.0639. The van der Waals surface area contributed by atoms with Gasteiger partial charge in [-0.25, -0.2) is 0 Å². The molecule has 0 radical (unpaired) electrons. The quantitative estimate of drug-likeness (QED) is 0.500. The van der Waals surface area contributed by atoms with E-state index in [1.807, 2.05) is 10.6 Å². The van der Waals surface area contributed by atoms with E-state index in [1.165, 1.54) is 51.4 Å². The lowest BCUT2D eigenvalue weighted by atomic mass is 10.1. The van der Waals surface area contributed by atoms with E-state index in [0.29, 0.717) is 0 Å². The maximum absolute atomic E-state index is 2.55. The van der Waals surface area contributed by atoms with Crippen LogP contribution in [0.5, 0.6) is 0 Å². The lowest BCUT2D eigenvalue weighted by Crippen LogP contribution is -2.30. The Morgan fingerprint density at radius 1 is 0.625 bits per heavy atom. The second-order valence-corrected chi connectivity index (χ2v) is 13.2. The summed E-state index contributed by atoms with van der Waals surface area (Å²) in [6.07, 6.45) is 11.5. The van der Waals surface area contributed by atoms with Gasteiger partial charge in [-0.2, -0.15) is 0 Å². The molecule has 0 nitrogen and oxygen atoms in total. The summed E-state index contributed by atoms with van der Waals surface area (Å²) in [5, 5.41) is 3.68. The van der Waals surface area contributed by atoms with Crippen LogP contribution in [0.15, 0.2) is 24.3 Å². The fourth-order valence-electron chi connectivity index (χ4n) is 5.21. The first-order chi connectivity index (χ1) is 11.7. The lowest BCUT2D eigenvalue weighted by Gasteiger charge is -2.32. The summed E-state index contributed by atoms with van der Waals surface area (Å²) in [5.41, 5.74) is 3.96. The third-order valence-corrected chi connectivity index (χ3v) is 14.3. The Labute approximate surface area is 152 Å². The van der Waals surface area contributed by atoms with Gasteiger partial charge in [0.05, 0.1) is 0 Å². The molecule has 2 saturated heterocycles. The standard InChI is InChI=1S/C22H36P2/c1-5-17-13-14-18(6-2)23(17)21-11-9-10-12-22(21)24-19(7-3)15-16-20(24)8-4/h9-12,17-20H,5-8,13-16H2,1-4H3/t17-,18-,19?,20?,24?/m1/s1. The zero-order valence-electron chi connectivity index (χ0n) is 16.2. The van der Waals surface area contributed by atoms with Crippen molar-refractivity contribution in [3.8, 4) is 0 Å². The highest BCUT2D eigenvalue weighted by Gasteiger charge is 2.40. The van der Waals surface area contributed by atoms with Gasteiger partial charge < -0.3 is 0 Å². The van der Waals surface area contributed by atoms with Crippen molar-refractivity contribution in [1.29, 1.82) is 0 Å². The number of benzene rings is 1. The van der Waals surface area contributed by atoms with E-state index >= 15 is 0 Å². The number of hydrogen-bond donors (Lipinski definition) is 0. The molecule has 2 aliphatic heterocycles. The topological polar surface area (TPSA) is 0 Å². The molecule has 1 aromatic carbocycles. The molecule has 24 heavy (non-hydrogen) atoms. The van der Waals surface area contributed by atoms with Crippen LogP contribution >= 0.6 is 15.8 Å². The second-order valence-electron chi connectivity index (χ2n) is 7.71. The predicted molar refractivity (Wildman–Crippen MR) is 114 cm³/mol. The molecule has 2 heterocycles. The van der Waals surface area contributed by atoms with Gasteiger partial charge in [-0.3, -0.25) is 0 Å². The van der Waals surface area contributed by atoms with Crippen LogP contribution in [0.4, 0.5) is 0 Å². The summed E-state index contributed by atoms with van der Waals surface area (Å²) in [6.45, 7) is 9.74. The van der Waals surface area contributed by atoms with E-state index in [0.717, 1.165) is 22.6 Å². The van der Waals surface area contributed by atoms with Gasteiger partial charge in [-0.1, -0.05) is 67.8 Å². The molecule has 134 valence electrons. The molecule has 2 heteroatoms. The molecule has 0 spiro atoms. The molecule has 0 saturated carbocycles. The smallest absolute Gasteiger partial charge is 0.0158 e. The first-order valence-corrected chi connectivity index (χ1v) is 13.4. The van der Waals surface area contributed by atoms with Gasteiger partial charge >= 0.3 is 0 Å². The zero-order valence-corrected chi connectivity index (χ0v) is 18.0. The number of rotatable bonds is 6. The van der Waals surface area contributed by atoms with Crippen LogP contribution in [0.25, 0.3) is 0 Å². The van der Waals surface area contributed by atoms with Gasteiger partial charge in [0.1, 0.15) is 0 Å². The molecule has 2 fully saturated rings. The summed E-state index contributed by atoms with van der Waals surface area (Å²) in [5.74, 6) is 0. The Kier molecular flexibility index (Phi) is 6.79. The molecular weight excluding hydrogens is 326 g/mol. The van der Waals surface area contributed by atoms with Crippen molar-refractivity contribution in [2.24, 2.45) is 0 Å². The van der Waals surface area contributed by atoms with Crippen molar-refractivity contribution in [3.05, 3.63) is 24.3 Å². The third-order valence-electron chi connectivity index (χ3n) is 6.56. The molecule has 0 N–H and O–H groups in total. The maximum atomic E-state index is 2.55. The average molecular weight is 362 g/mol. The molecule has 2 aliphatic rings. The van der Waals surface area contributed by atoms with E-state index in [1.54, 1.807) is 0 Å². The SMILES string of the molecule is CCC1CCC(CC)P1c1ccccc1P1[C@H](CC)CC[C@H]1CC. The van der Waals surface area contributed by atoms with Crippen LogP contribution in [0.3, 0.4) is 0 Å². The van der Waals surface area contributed by atoms with Gasteiger partial charge in [0.25, 0.3) is 0 Å². The Balaban J connectivity index is 2.01. The predicted octanol–water partition coefficient (Wildman–Crippen LogP) is 6.60. The first kappa shape index (κ1) is 18.9. The second kappa shape index (κ2) is 8.64. The van der Waals surface area contributed by atoms with Crippen molar-refractivity contribution >= 4 is 26.5 Å². The summed E-state index contributed by atoms with van der Waals surface area (Å²) in [6, 6.07) is 9.79. The highest BCUT2D eigenvalue weighted by Crippen LogP contribution is 2.61. The molecule has 1 aromatic rings. The highest BCUT2D eigenvalue weighted by molar-refractivity contribution is 7.73. The summed E-state index contributed by atoms with van der Waals surface area (Å²) < 4.78 is 0. The average Bonchev–Trinajstić information content (AvgIpc) is 3.24. The van der Waals surface area contributed by atoms with Crippen molar-refractivity contribution in [3.63, 3.8) is 0 Å². The van der Waals surface area contributed by atoms with Crippen molar-refractivity contribution < 1.29 is 0 Å². The van der Waals surface area contributed by atoms with Gasteiger partial charge in [0.2, 0.25) is 0 Å². The van der Waals surface area contributed by atoms with E-state index in [2.05, 4.69) is 52.0 Å². The Morgan fingerprint density at radius 3 is 1.17 bits per heavy atom. The lowest BCUT2D eigenvalue weighted by molar-refractivity contribution is 0.696. The summed E-state index contributed by atoms with van der Waals surface area (Å²) in [4.78, 5) is 0. The minimum Gasteiger partial charge on any atom is -0.0683 e. The molecule has 0 amide bonds. The Bertz CT molecular complexity index is 455. The monoisotopic (exact) mass is 362 g/mol. The van der Waals surface area contributed by atoms with Crippen molar-refractivity contribution in [2.75, 3.05) is 0 Å². The van der Waals surface area contributed by atoms with Crippen molar-refractivity contribution in [1.82, 2.24) is 0 Å². The van der Waals surface area contributed by atoms with Crippen LogP contribution in [0.1, 0.15) is 79.1 Å². The van der Waals surface area contributed by atoms with Gasteiger partial charge in [0, 0.05) is 0 Å². The molecule has 2 unspecified atom stereocenters. The van der Waals surface area contributed by atoms with Crippen LogP contribution in [-0.4, -0.2) is 22.6 Å². The van der Waals surface area contributed by atoms with Crippen LogP contribution in [0.2, 0.25) is 0 Å². The number of hydrogen-bond acceptors (Lipinski definition) is 0. The molecule has 3 rings (SSSR count). The fourth-order valence-corrected chi connectivity index (χ4v) is 13.1. The van der Waals surface area contributed by atoms with Crippen LogP contribution < -0.4 is 10.6 Å². The Hall–Kier alpha value is 0.0800. The highest BCUT2D eigenvalue weighted by atomic mass is 31.1. The van der Waals surface area contributed by atoms with E-state index in [4.69, 9.17) is 0 Å². The summed E-state index contributed by atoms with van der Waals surface area (Å²) >= 11 is 0. The fraction of sp³-hybridized carbons (Fsp3) is 0.727. The first-order valence-electron chi connectivity index (χ1n) is 10.4. The molecule has 0 aromatic heterocycles. The Morgan fingerprint density at radius 2 is 0.917 bits per heavy atom. The maximum Gasteiger partial charge on any atom is -0.0158 e. The third kappa shape index (κ3) is 3.48. The van der Waals surface area contributed by atoms with E-state index in [-0.39, 0.29) is 15.8 Å². The van der Waals surface area contributed by atoms with Crippen molar-refractivity contribution in [2.45, 2.75) is 102 Å². The summed E-state index contributed by atoms with van der Waals surface area (Å²) in [7, 11) is 0.128. The van der Waals surface area contributed by atoms with E-state index < -0.39 is 0 Å². The minimum atomic E-state index is 0.0639. The van der Waals surface area contributed by atoms with Crippen LogP contribution in [-0.2, 0) is 0 Å². The van der Waals surface area contributed by atoms with Gasteiger partial charge in [-0.05, 0) is 84.6 Å². The molecule has 4 atom stereocenters. The normalized spacial score (nSPS) is 34.1. The van der Waals surface area contributed by atoms with Gasteiger partial charge in [-0.15, -0.1) is 0 Å². The van der Waals surface area contributed by atoms with Crippen LogP contribution in [0, 0.1) is 0 Å². The van der Waals surface area contributed by atoms with E-state index in [9.17, 15) is 0 Å². The molecule has 0 aliphatic carbocycles. The van der Waals surface area contributed by atoms with Gasteiger partial charge in [0.15, 0.2) is 0 Å². The zero-order chi connectivity index (χ0) is 17.1.